The third-order valence-electron chi connectivity index (χ3n) is 1.44. The van der Waals surface area contributed by atoms with Gasteiger partial charge in [0.25, 0.3) is 5.13 Å². The van der Waals surface area contributed by atoms with E-state index in [2.05, 4.69) is 20.1 Å². The fourth-order valence-corrected chi connectivity index (χ4v) is 1.54. The number of ether oxygens (including phenoxy) is 1. The summed E-state index contributed by atoms with van der Waals surface area (Å²) >= 11 is 0.742. The summed E-state index contributed by atoms with van der Waals surface area (Å²) in [6.45, 7) is 1.90. The standard InChI is InChI=1S/C7H7N3O4S/c1-2-14-5(11)3-4-6(9-12)15-7(8-4)10-13/h2-3H2,1H3. The highest BCUT2D eigenvalue weighted by molar-refractivity contribution is 7.19. The van der Waals surface area contributed by atoms with E-state index in [-0.39, 0.29) is 28.9 Å². The number of thiazole rings is 1. The smallest absolute Gasteiger partial charge is 0.311 e. The van der Waals surface area contributed by atoms with Crippen LogP contribution in [-0.4, -0.2) is 17.6 Å². The Morgan fingerprint density at radius 1 is 1.47 bits per heavy atom. The number of aromatic nitrogens is 1. The lowest BCUT2D eigenvalue weighted by Crippen LogP contribution is -2.07. The van der Waals surface area contributed by atoms with Crippen LogP contribution in [0, 0.1) is 9.81 Å². The van der Waals surface area contributed by atoms with Crippen molar-refractivity contribution < 1.29 is 9.53 Å². The number of nitroso groups, excluding NO2 is 2. The van der Waals surface area contributed by atoms with Gasteiger partial charge >= 0.3 is 5.97 Å². The zero-order valence-corrected chi connectivity index (χ0v) is 8.61. The molecule has 0 saturated heterocycles. The van der Waals surface area contributed by atoms with Gasteiger partial charge in [0.1, 0.15) is 0 Å². The lowest BCUT2D eigenvalue weighted by molar-refractivity contribution is -0.142. The maximum absolute atomic E-state index is 11.1. The number of carbonyl (C=O) groups excluding carboxylic acids is 1. The van der Waals surface area contributed by atoms with Crippen molar-refractivity contribution in [2.45, 2.75) is 13.3 Å². The maximum Gasteiger partial charge on any atom is 0.311 e. The van der Waals surface area contributed by atoms with Crippen molar-refractivity contribution in [3.63, 3.8) is 0 Å². The van der Waals surface area contributed by atoms with Gasteiger partial charge < -0.3 is 4.74 Å². The van der Waals surface area contributed by atoms with Gasteiger partial charge in [-0.3, -0.25) is 4.79 Å². The average molecular weight is 229 g/mol. The van der Waals surface area contributed by atoms with Crippen molar-refractivity contribution in [2.75, 3.05) is 6.61 Å². The third kappa shape index (κ3) is 2.88. The van der Waals surface area contributed by atoms with Crippen LogP contribution in [0.25, 0.3) is 0 Å². The number of carbonyl (C=O) groups is 1. The molecule has 7 nitrogen and oxygen atoms in total. The van der Waals surface area contributed by atoms with Crippen molar-refractivity contribution in [3.05, 3.63) is 15.5 Å². The van der Waals surface area contributed by atoms with Crippen LogP contribution in [0.2, 0.25) is 0 Å². The SMILES string of the molecule is CCOC(=O)Cc1nc(N=O)sc1N=O. The Bertz CT molecular complexity index is 390. The molecule has 0 spiro atoms. The molecule has 0 atom stereocenters. The number of nitrogens with zero attached hydrogens (tertiary/aromatic N) is 3. The quantitative estimate of drug-likeness (QED) is 0.568. The Labute approximate surface area is 88.4 Å². The molecule has 15 heavy (non-hydrogen) atoms. The molecule has 0 unspecified atom stereocenters. The van der Waals surface area contributed by atoms with Crippen molar-refractivity contribution in [2.24, 2.45) is 10.4 Å². The number of esters is 1. The molecule has 80 valence electrons. The molecule has 0 saturated carbocycles. The van der Waals surface area contributed by atoms with Crippen molar-refractivity contribution in [1.29, 1.82) is 0 Å². The summed E-state index contributed by atoms with van der Waals surface area (Å²) in [6, 6.07) is 0. The minimum atomic E-state index is -0.523. The van der Waals surface area contributed by atoms with E-state index < -0.39 is 5.97 Å². The molecule has 0 amide bonds. The van der Waals surface area contributed by atoms with Crippen LogP contribution in [-0.2, 0) is 16.0 Å². The van der Waals surface area contributed by atoms with E-state index in [1.54, 1.807) is 6.92 Å². The molecule has 0 N–H and O–H groups in total. The van der Waals surface area contributed by atoms with Crippen LogP contribution in [0.1, 0.15) is 12.6 Å². The van der Waals surface area contributed by atoms with E-state index in [4.69, 9.17) is 0 Å². The van der Waals surface area contributed by atoms with Crippen LogP contribution in [0.5, 0.6) is 0 Å². The molecule has 0 radical (unpaired) electrons. The molecule has 1 rings (SSSR count). The van der Waals surface area contributed by atoms with Crippen molar-refractivity contribution >= 4 is 27.4 Å². The fraction of sp³-hybridized carbons (Fsp3) is 0.429. The predicted octanol–water partition coefficient (Wildman–Crippen LogP) is 2.04. The maximum atomic E-state index is 11.1. The molecule has 1 heterocycles. The third-order valence-corrected chi connectivity index (χ3v) is 2.30. The van der Waals surface area contributed by atoms with Crippen LogP contribution < -0.4 is 0 Å². The molecule has 8 heteroatoms. The summed E-state index contributed by atoms with van der Waals surface area (Å²) in [4.78, 5) is 35.2. The highest BCUT2D eigenvalue weighted by atomic mass is 32.1. The van der Waals surface area contributed by atoms with E-state index in [0.29, 0.717) is 0 Å². The minimum absolute atomic E-state index is 0.0161. The Morgan fingerprint density at radius 3 is 2.73 bits per heavy atom. The van der Waals surface area contributed by atoms with Crippen molar-refractivity contribution in [3.8, 4) is 0 Å². The summed E-state index contributed by atoms with van der Waals surface area (Å²) in [5, 5.41) is 5.07. The molecule has 0 aliphatic rings. The first kappa shape index (κ1) is 11.4. The van der Waals surface area contributed by atoms with Gasteiger partial charge in [0.2, 0.25) is 0 Å². The van der Waals surface area contributed by atoms with Crippen LogP contribution >= 0.6 is 11.3 Å². The summed E-state index contributed by atoms with van der Waals surface area (Å²) in [6.07, 6.45) is -0.180. The second-order valence-electron chi connectivity index (χ2n) is 2.41. The minimum Gasteiger partial charge on any atom is -0.466 e. The molecule has 0 fully saturated rings. The van der Waals surface area contributed by atoms with Gasteiger partial charge in [0, 0.05) is 5.18 Å². The predicted molar refractivity (Wildman–Crippen MR) is 53.4 cm³/mol. The van der Waals surface area contributed by atoms with Crippen LogP contribution in [0.3, 0.4) is 0 Å². The second kappa shape index (κ2) is 5.25. The lowest BCUT2D eigenvalue weighted by Gasteiger charge is -1.98. The highest BCUT2D eigenvalue weighted by Crippen LogP contribution is 2.32. The van der Waals surface area contributed by atoms with Gasteiger partial charge in [-0.2, -0.15) is 0 Å². The molecule has 1 aromatic rings. The van der Waals surface area contributed by atoms with Gasteiger partial charge in [-0.05, 0) is 12.1 Å². The first-order chi connectivity index (χ1) is 7.21. The summed E-state index contributed by atoms with van der Waals surface area (Å²) in [7, 11) is 0. The van der Waals surface area contributed by atoms with E-state index in [1.165, 1.54) is 0 Å². The zero-order valence-electron chi connectivity index (χ0n) is 7.80. The van der Waals surface area contributed by atoms with Crippen LogP contribution in [0.15, 0.2) is 10.4 Å². The molecular weight excluding hydrogens is 222 g/mol. The highest BCUT2D eigenvalue weighted by Gasteiger charge is 2.16. The van der Waals surface area contributed by atoms with Gasteiger partial charge in [-0.1, -0.05) is 11.3 Å². The van der Waals surface area contributed by atoms with Gasteiger partial charge in [0.15, 0.2) is 5.00 Å². The van der Waals surface area contributed by atoms with E-state index >= 15 is 0 Å². The van der Waals surface area contributed by atoms with E-state index in [1.807, 2.05) is 0 Å². The monoisotopic (exact) mass is 229 g/mol. The number of rotatable bonds is 5. The first-order valence-corrected chi connectivity index (χ1v) is 4.85. The lowest BCUT2D eigenvalue weighted by atomic mass is 10.3. The van der Waals surface area contributed by atoms with Crippen LogP contribution in [0.4, 0.5) is 10.1 Å². The van der Waals surface area contributed by atoms with E-state index in [0.717, 1.165) is 11.3 Å². The fourth-order valence-electron chi connectivity index (χ4n) is 0.906. The summed E-state index contributed by atoms with van der Waals surface area (Å²) in [5.74, 6) is -0.523. The van der Waals surface area contributed by atoms with Crippen molar-refractivity contribution in [1.82, 2.24) is 4.98 Å². The first-order valence-electron chi connectivity index (χ1n) is 4.03. The van der Waals surface area contributed by atoms with Gasteiger partial charge in [0.05, 0.1) is 18.7 Å². The second-order valence-corrected chi connectivity index (χ2v) is 3.37. The largest absolute Gasteiger partial charge is 0.466 e. The molecular formula is C7H7N3O4S. The van der Waals surface area contributed by atoms with Gasteiger partial charge in [-0.25, -0.2) is 4.98 Å². The molecule has 0 aliphatic carbocycles. The molecule has 1 aromatic heterocycles. The zero-order chi connectivity index (χ0) is 11.3. The molecule has 0 aromatic carbocycles. The molecule has 0 bridgehead atoms. The normalized spacial score (nSPS) is 9.67. The van der Waals surface area contributed by atoms with Gasteiger partial charge in [-0.15, -0.1) is 9.81 Å². The average Bonchev–Trinajstić information content (AvgIpc) is 2.60. The topological polar surface area (TPSA) is 98.1 Å². The molecule has 0 aliphatic heterocycles. The Hall–Kier alpha value is -1.70. The Kier molecular flexibility index (Phi) is 3.98. The van der Waals surface area contributed by atoms with E-state index in [9.17, 15) is 14.6 Å². The number of hydrogen-bond acceptors (Lipinski definition) is 8. The number of hydrogen-bond donors (Lipinski definition) is 0. The Balaban J connectivity index is 2.83. The Morgan fingerprint density at radius 2 is 2.20 bits per heavy atom. The summed E-state index contributed by atoms with van der Waals surface area (Å²) in [5.41, 5.74) is 0.128. The summed E-state index contributed by atoms with van der Waals surface area (Å²) < 4.78 is 4.66.